The maximum atomic E-state index is 11.4. The first-order valence-electron chi connectivity index (χ1n) is 4.34. The van der Waals surface area contributed by atoms with Crippen LogP contribution in [0.25, 0.3) is 0 Å². The Hall–Kier alpha value is -1.58. The molecule has 0 saturated carbocycles. The van der Waals surface area contributed by atoms with E-state index < -0.39 is 17.4 Å². The first kappa shape index (κ1) is 8.99. The molecule has 2 rings (SSSR count). The third-order valence-electron chi connectivity index (χ3n) is 2.44. The highest BCUT2D eigenvalue weighted by atomic mass is 16.6. The molecular weight excluding hydrogens is 184 g/mol. The zero-order valence-corrected chi connectivity index (χ0v) is 7.99. The Kier molecular flexibility index (Phi) is 1.74. The van der Waals surface area contributed by atoms with Crippen LogP contribution < -0.4 is 0 Å². The van der Waals surface area contributed by atoms with E-state index in [2.05, 4.69) is 4.74 Å². The lowest BCUT2D eigenvalue weighted by Gasteiger charge is -2.13. The number of esters is 2. The van der Waals surface area contributed by atoms with Gasteiger partial charge in [0, 0.05) is 0 Å². The third kappa shape index (κ3) is 1.14. The molecule has 1 aliphatic rings. The van der Waals surface area contributed by atoms with Gasteiger partial charge in [0.05, 0.1) is 6.42 Å². The lowest BCUT2D eigenvalue weighted by Crippen LogP contribution is -2.26. The minimum absolute atomic E-state index is 0.0544. The molecule has 2 heterocycles. The molecule has 74 valence electrons. The van der Waals surface area contributed by atoms with Crippen LogP contribution in [0, 0.1) is 6.92 Å². The maximum Gasteiger partial charge on any atom is 0.327 e. The lowest BCUT2D eigenvalue weighted by molar-refractivity contribution is -0.153. The molecule has 0 bridgehead atoms. The smallest absolute Gasteiger partial charge is 0.327 e. The number of furan rings is 1. The van der Waals surface area contributed by atoms with E-state index in [1.165, 1.54) is 0 Å². The van der Waals surface area contributed by atoms with Crippen molar-refractivity contribution in [2.75, 3.05) is 0 Å². The lowest BCUT2D eigenvalue weighted by atomic mass is 9.86. The van der Waals surface area contributed by atoms with Crippen LogP contribution in [0.2, 0.25) is 0 Å². The SMILES string of the molecule is Cc1ccc(C2(C)CC(=O)OC2=O)o1. The molecule has 0 N–H and O–H groups in total. The van der Waals surface area contributed by atoms with Gasteiger partial charge in [-0.1, -0.05) is 0 Å². The molecule has 0 amide bonds. The second-order valence-corrected chi connectivity index (χ2v) is 3.68. The number of carbonyl (C=O) groups excluding carboxylic acids is 2. The van der Waals surface area contributed by atoms with Crippen molar-refractivity contribution in [2.45, 2.75) is 25.7 Å². The predicted molar refractivity (Wildman–Crippen MR) is 46.5 cm³/mol. The van der Waals surface area contributed by atoms with E-state index in [4.69, 9.17) is 4.42 Å². The molecule has 0 aliphatic carbocycles. The summed E-state index contributed by atoms with van der Waals surface area (Å²) < 4.78 is 9.84. The van der Waals surface area contributed by atoms with Crippen molar-refractivity contribution in [2.24, 2.45) is 0 Å². The quantitative estimate of drug-likeness (QED) is 0.499. The summed E-state index contributed by atoms with van der Waals surface area (Å²) in [6.45, 7) is 3.44. The fraction of sp³-hybridized carbons (Fsp3) is 0.400. The van der Waals surface area contributed by atoms with Crippen LogP contribution in [0.1, 0.15) is 24.9 Å². The number of aryl methyl sites for hydroxylation is 1. The van der Waals surface area contributed by atoms with E-state index in [9.17, 15) is 9.59 Å². The monoisotopic (exact) mass is 194 g/mol. The average molecular weight is 194 g/mol. The second-order valence-electron chi connectivity index (χ2n) is 3.68. The summed E-state index contributed by atoms with van der Waals surface area (Å²) in [7, 11) is 0. The van der Waals surface area contributed by atoms with E-state index in [1.807, 2.05) is 0 Å². The Morgan fingerprint density at radius 1 is 1.36 bits per heavy atom. The van der Waals surface area contributed by atoms with Gasteiger partial charge in [0.15, 0.2) is 0 Å². The van der Waals surface area contributed by atoms with Crippen LogP contribution in [0.4, 0.5) is 0 Å². The Morgan fingerprint density at radius 2 is 2.07 bits per heavy atom. The molecule has 0 radical (unpaired) electrons. The summed E-state index contributed by atoms with van der Waals surface area (Å²) in [6, 6.07) is 3.46. The van der Waals surface area contributed by atoms with Gasteiger partial charge in [0.1, 0.15) is 16.9 Å². The summed E-state index contributed by atoms with van der Waals surface area (Å²) in [4.78, 5) is 22.4. The summed E-state index contributed by atoms with van der Waals surface area (Å²) in [5.41, 5.74) is -0.939. The van der Waals surface area contributed by atoms with Crippen molar-refractivity contribution < 1.29 is 18.7 Å². The van der Waals surface area contributed by atoms with Crippen LogP contribution in [0.5, 0.6) is 0 Å². The largest absolute Gasteiger partial charge is 0.465 e. The molecule has 1 fully saturated rings. The second kappa shape index (κ2) is 2.70. The maximum absolute atomic E-state index is 11.4. The molecule has 1 aliphatic heterocycles. The van der Waals surface area contributed by atoms with Gasteiger partial charge in [-0.15, -0.1) is 0 Å². The topological polar surface area (TPSA) is 56.5 Å². The predicted octanol–water partition coefficient (Wildman–Crippen LogP) is 1.32. The molecule has 1 unspecified atom stereocenters. The number of cyclic esters (lactones) is 2. The third-order valence-corrected chi connectivity index (χ3v) is 2.44. The molecule has 0 aromatic carbocycles. The van der Waals surface area contributed by atoms with Gasteiger partial charge >= 0.3 is 11.9 Å². The summed E-state index contributed by atoms with van der Waals surface area (Å²) in [5, 5.41) is 0. The Balaban J connectivity index is 2.42. The Labute approximate surface area is 80.8 Å². The van der Waals surface area contributed by atoms with Gasteiger partial charge in [0.2, 0.25) is 0 Å². The normalized spacial score (nSPS) is 26.7. The van der Waals surface area contributed by atoms with Crippen molar-refractivity contribution >= 4 is 11.9 Å². The molecule has 14 heavy (non-hydrogen) atoms. The highest BCUT2D eigenvalue weighted by molar-refractivity contribution is 6.00. The molecule has 1 saturated heterocycles. The van der Waals surface area contributed by atoms with Gasteiger partial charge < -0.3 is 9.15 Å². The first-order chi connectivity index (χ1) is 6.52. The van der Waals surface area contributed by atoms with Crippen molar-refractivity contribution in [1.29, 1.82) is 0 Å². The molecule has 1 aromatic rings. The van der Waals surface area contributed by atoms with Crippen LogP contribution in [-0.2, 0) is 19.7 Å². The van der Waals surface area contributed by atoms with Crippen LogP contribution in [0.3, 0.4) is 0 Å². The summed E-state index contributed by atoms with van der Waals surface area (Å²) in [6.07, 6.45) is 0.0544. The van der Waals surface area contributed by atoms with E-state index in [0.717, 1.165) is 0 Å². The van der Waals surface area contributed by atoms with Crippen molar-refractivity contribution in [3.8, 4) is 0 Å². The molecule has 1 atom stereocenters. The molecule has 0 spiro atoms. The summed E-state index contributed by atoms with van der Waals surface area (Å²) in [5.74, 6) is 0.183. The zero-order valence-electron chi connectivity index (χ0n) is 7.99. The van der Waals surface area contributed by atoms with Crippen molar-refractivity contribution in [1.82, 2.24) is 0 Å². The zero-order chi connectivity index (χ0) is 10.3. The summed E-state index contributed by atoms with van der Waals surface area (Å²) >= 11 is 0. The van der Waals surface area contributed by atoms with Gasteiger partial charge in [-0.25, -0.2) is 0 Å². The molecule has 4 nitrogen and oxygen atoms in total. The van der Waals surface area contributed by atoms with Gasteiger partial charge in [-0.05, 0) is 26.0 Å². The minimum Gasteiger partial charge on any atom is -0.465 e. The van der Waals surface area contributed by atoms with E-state index in [1.54, 1.807) is 26.0 Å². The van der Waals surface area contributed by atoms with E-state index in [0.29, 0.717) is 11.5 Å². The number of carbonyl (C=O) groups is 2. The van der Waals surface area contributed by atoms with Gasteiger partial charge in [-0.2, -0.15) is 0 Å². The number of rotatable bonds is 1. The van der Waals surface area contributed by atoms with E-state index >= 15 is 0 Å². The van der Waals surface area contributed by atoms with Crippen molar-refractivity contribution in [3.63, 3.8) is 0 Å². The fourth-order valence-electron chi connectivity index (χ4n) is 1.53. The Morgan fingerprint density at radius 3 is 2.50 bits per heavy atom. The first-order valence-corrected chi connectivity index (χ1v) is 4.34. The average Bonchev–Trinajstić information content (AvgIpc) is 2.59. The van der Waals surface area contributed by atoms with Crippen molar-refractivity contribution in [3.05, 3.63) is 23.7 Å². The van der Waals surface area contributed by atoms with Crippen LogP contribution >= 0.6 is 0 Å². The highest BCUT2D eigenvalue weighted by Gasteiger charge is 2.48. The number of hydrogen-bond acceptors (Lipinski definition) is 4. The fourth-order valence-corrected chi connectivity index (χ4v) is 1.53. The van der Waals surface area contributed by atoms with Gasteiger partial charge in [-0.3, -0.25) is 9.59 Å². The minimum atomic E-state index is -0.939. The van der Waals surface area contributed by atoms with Crippen LogP contribution in [-0.4, -0.2) is 11.9 Å². The molecule has 4 heteroatoms. The Bertz CT molecular complexity index is 404. The number of hydrogen-bond donors (Lipinski definition) is 0. The van der Waals surface area contributed by atoms with Gasteiger partial charge in [0.25, 0.3) is 0 Å². The number of ether oxygens (including phenoxy) is 1. The molecular formula is C10H10O4. The highest BCUT2D eigenvalue weighted by Crippen LogP contribution is 2.35. The van der Waals surface area contributed by atoms with E-state index in [-0.39, 0.29) is 6.42 Å². The molecule has 1 aromatic heterocycles. The standard InChI is InChI=1S/C10H10O4/c1-6-3-4-7(13-6)10(2)5-8(11)14-9(10)12/h3-4H,5H2,1-2H3. The van der Waals surface area contributed by atoms with Crippen LogP contribution in [0.15, 0.2) is 16.5 Å².